The molecule has 90 valence electrons. The highest BCUT2D eigenvalue weighted by Gasteiger charge is 2.41. The lowest BCUT2D eigenvalue weighted by Crippen LogP contribution is -2.47. The van der Waals surface area contributed by atoms with Crippen LogP contribution in [-0.4, -0.2) is 33.7 Å². The van der Waals surface area contributed by atoms with Crippen LogP contribution in [0.4, 0.5) is 0 Å². The lowest BCUT2D eigenvalue weighted by Gasteiger charge is -2.20. The van der Waals surface area contributed by atoms with Crippen LogP contribution in [0.25, 0.3) is 0 Å². The van der Waals surface area contributed by atoms with Crippen LogP contribution in [0.2, 0.25) is 0 Å². The topological polar surface area (TPSA) is 86.6 Å². The quantitative estimate of drug-likeness (QED) is 0.506. The predicted molar refractivity (Wildman–Crippen MR) is 60.7 cm³/mol. The van der Waals surface area contributed by atoms with E-state index in [9.17, 15) is 9.59 Å². The van der Waals surface area contributed by atoms with E-state index in [1.54, 1.807) is 0 Å². The van der Waals surface area contributed by atoms with Crippen molar-refractivity contribution in [2.45, 2.75) is 24.4 Å². The van der Waals surface area contributed by atoms with E-state index in [-0.39, 0.29) is 18.4 Å². The maximum Gasteiger partial charge on any atom is 0.328 e. The molecule has 16 heavy (non-hydrogen) atoms. The largest absolute Gasteiger partial charge is 0.480 e. The Morgan fingerprint density at radius 2 is 2.06 bits per heavy atom. The first kappa shape index (κ1) is 14.7. The lowest BCUT2D eigenvalue weighted by atomic mass is 9.98. The molecular formula is C10H14ClNO4. The van der Waals surface area contributed by atoms with Gasteiger partial charge in [0.25, 0.3) is 0 Å². The van der Waals surface area contributed by atoms with E-state index in [2.05, 4.69) is 11.9 Å². The number of hydrogen-bond acceptors (Lipinski definition) is 3. The van der Waals surface area contributed by atoms with Gasteiger partial charge in [0.1, 0.15) is 5.54 Å². The van der Waals surface area contributed by atoms with E-state index in [4.69, 9.17) is 10.2 Å². The fourth-order valence-electron chi connectivity index (χ4n) is 1.62. The van der Waals surface area contributed by atoms with Crippen molar-refractivity contribution in [3.63, 3.8) is 0 Å². The van der Waals surface area contributed by atoms with Gasteiger partial charge in [0, 0.05) is 12.1 Å². The third-order valence-electron chi connectivity index (χ3n) is 2.49. The molecule has 1 rings (SSSR count). The fourth-order valence-corrected chi connectivity index (χ4v) is 1.62. The summed E-state index contributed by atoms with van der Waals surface area (Å²) in [6.07, 6.45) is 4.82. The van der Waals surface area contributed by atoms with E-state index < -0.39 is 17.5 Å². The van der Waals surface area contributed by atoms with Gasteiger partial charge in [-0.15, -0.1) is 19.0 Å². The Bertz CT molecular complexity index is 329. The van der Waals surface area contributed by atoms with Crippen molar-refractivity contribution in [3.05, 3.63) is 24.8 Å². The number of carbonyl (C=O) groups is 2. The maximum absolute atomic E-state index is 11.0. The van der Waals surface area contributed by atoms with Gasteiger partial charge in [-0.1, -0.05) is 12.2 Å². The predicted octanol–water partition coefficient (Wildman–Crippen LogP) is 0.810. The molecule has 1 heterocycles. The van der Waals surface area contributed by atoms with Crippen molar-refractivity contribution in [2.24, 2.45) is 0 Å². The molecule has 0 bridgehead atoms. The van der Waals surface area contributed by atoms with Gasteiger partial charge >= 0.3 is 11.9 Å². The van der Waals surface area contributed by atoms with Crippen LogP contribution < -0.4 is 5.32 Å². The molecule has 0 aromatic heterocycles. The van der Waals surface area contributed by atoms with Gasteiger partial charge in [-0.2, -0.15) is 0 Å². The molecule has 0 spiro atoms. The Hall–Kier alpha value is -1.33. The first-order chi connectivity index (χ1) is 7.00. The second-order valence-corrected chi connectivity index (χ2v) is 3.47. The first-order valence-electron chi connectivity index (χ1n) is 4.56. The van der Waals surface area contributed by atoms with E-state index >= 15 is 0 Å². The third kappa shape index (κ3) is 3.08. The molecule has 0 saturated carbocycles. The summed E-state index contributed by atoms with van der Waals surface area (Å²) < 4.78 is 0. The average molecular weight is 248 g/mol. The second-order valence-electron chi connectivity index (χ2n) is 3.47. The lowest BCUT2D eigenvalue weighted by molar-refractivity contribution is -0.142. The van der Waals surface area contributed by atoms with Crippen molar-refractivity contribution in [2.75, 3.05) is 0 Å². The molecule has 0 amide bonds. The number of hydrogen-bond donors (Lipinski definition) is 3. The molecule has 0 aromatic rings. The molecule has 2 atom stereocenters. The molecule has 6 heteroatoms. The van der Waals surface area contributed by atoms with Gasteiger partial charge in [0.15, 0.2) is 0 Å². The van der Waals surface area contributed by atoms with Gasteiger partial charge < -0.3 is 10.2 Å². The molecule has 1 aliphatic rings. The molecule has 5 nitrogen and oxygen atoms in total. The number of aliphatic carboxylic acids is 2. The standard InChI is InChI=1S/C10H13NO4.ClH/c1-2-10(9(14)15)6-5-7(11-10)3-4-8(12)13;/h2-4,7,11H,1,5-6H2,(H,12,13)(H,14,15);1H/b4-3+;/t7-,10+;/m0./s1. The summed E-state index contributed by atoms with van der Waals surface area (Å²) in [5.41, 5.74) is -1.12. The Labute approximate surface area is 99.3 Å². The molecule has 1 fully saturated rings. The van der Waals surface area contributed by atoms with Crippen LogP contribution in [0.15, 0.2) is 24.8 Å². The molecule has 0 radical (unpaired) electrons. The SMILES string of the molecule is C=C[C@]1(C(=O)O)CC[C@H](/C=C/C(=O)O)N1.Cl. The third-order valence-corrected chi connectivity index (χ3v) is 2.49. The molecule has 1 aliphatic heterocycles. The molecule has 3 N–H and O–H groups in total. The van der Waals surface area contributed by atoms with E-state index in [0.717, 1.165) is 6.08 Å². The van der Waals surface area contributed by atoms with Gasteiger partial charge in [0.2, 0.25) is 0 Å². The van der Waals surface area contributed by atoms with Crippen LogP contribution in [0.1, 0.15) is 12.8 Å². The molecule has 0 unspecified atom stereocenters. The second kappa shape index (κ2) is 5.67. The highest BCUT2D eigenvalue weighted by atomic mass is 35.5. The van der Waals surface area contributed by atoms with Crippen LogP contribution in [0, 0.1) is 0 Å². The Balaban J connectivity index is 0.00000225. The van der Waals surface area contributed by atoms with Crippen LogP contribution in [-0.2, 0) is 9.59 Å². The zero-order chi connectivity index (χ0) is 11.5. The van der Waals surface area contributed by atoms with E-state index in [1.165, 1.54) is 12.2 Å². The summed E-state index contributed by atoms with van der Waals surface area (Å²) in [7, 11) is 0. The van der Waals surface area contributed by atoms with Gasteiger partial charge in [-0.05, 0) is 12.8 Å². The normalized spacial score (nSPS) is 28.6. The number of carboxylic acid groups (broad SMARTS) is 2. The summed E-state index contributed by atoms with van der Waals surface area (Å²) in [6.45, 7) is 3.48. The Morgan fingerprint density at radius 3 is 2.44 bits per heavy atom. The fraction of sp³-hybridized carbons (Fsp3) is 0.400. The molecule has 0 aliphatic carbocycles. The summed E-state index contributed by atoms with van der Waals surface area (Å²) in [6, 6.07) is -0.227. The minimum absolute atomic E-state index is 0. The molecular weight excluding hydrogens is 234 g/mol. The number of carboxylic acids is 2. The molecule has 1 saturated heterocycles. The number of halogens is 1. The summed E-state index contributed by atoms with van der Waals surface area (Å²) >= 11 is 0. The summed E-state index contributed by atoms with van der Waals surface area (Å²) in [4.78, 5) is 21.2. The van der Waals surface area contributed by atoms with Crippen LogP contribution >= 0.6 is 12.4 Å². The van der Waals surface area contributed by atoms with Crippen molar-refractivity contribution in [1.82, 2.24) is 5.32 Å². The van der Waals surface area contributed by atoms with Crippen LogP contribution in [0.3, 0.4) is 0 Å². The minimum Gasteiger partial charge on any atom is -0.480 e. The highest BCUT2D eigenvalue weighted by Crippen LogP contribution is 2.25. The Morgan fingerprint density at radius 1 is 1.44 bits per heavy atom. The Kier molecular flexibility index (Phi) is 5.20. The first-order valence-corrected chi connectivity index (χ1v) is 4.56. The highest BCUT2D eigenvalue weighted by molar-refractivity contribution is 5.85. The van der Waals surface area contributed by atoms with Crippen molar-refractivity contribution in [1.29, 1.82) is 0 Å². The van der Waals surface area contributed by atoms with E-state index in [0.29, 0.717) is 12.8 Å². The molecule has 0 aromatic carbocycles. The summed E-state index contributed by atoms with van der Waals surface area (Å²) in [5.74, 6) is -2.02. The maximum atomic E-state index is 11.0. The van der Waals surface area contributed by atoms with Crippen molar-refractivity contribution >= 4 is 24.3 Å². The van der Waals surface area contributed by atoms with Gasteiger partial charge in [-0.25, -0.2) is 9.59 Å². The van der Waals surface area contributed by atoms with Crippen molar-refractivity contribution < 1.29 is 19.8 Å². The zero-order valence-electron chi connectivity index (χ0n) is 8.55. The number of rotatable bonds is 4. The number of nitrogens with one attached hydrogen (secondary N) is 1. The van der Waals surface area contributed by atoms with E-state index in [1.807, 2.05) is 0 Å². The van der Waals surface area contributed by atoms with Gasteiger partial charge in [0.05, 0.1) is 0 Å². The monoisotopic (exact) mass is 247 g/mol. The van der Waals surface area contributed by atoms with Gasteiger partial charge in [-0.3, -0.25) is 5.32 Å². The van der Waals surface area contributed by atoms with Crippen LogP contribution in [0.5, 0.6) is 0 Å². The average Bonchev–Trinajstić information content (AvgIpc) is 2.59. The van der Waals surface area contributed by atoms with Crippen molar-refractivity contribution in [3.8, 4) is 0 Å². The zero-order valence-corrected chi connectivity index (χ0v) is 9.37. The summed E-state index contributed by atoms with van der Waals surface area (Å²) in [5, 5.41) is 20.2. The minimum atomic E-state index is -1.12. The smallest absolute Gasteiger partial charge is 0.328 e.